The van der Waals surface area contributed by atoms with Crippen LogP contribution >= 0.6 is 12.4 Å². The molecule has 136 valence electrons. The highest BCUT2D eigenvalue weighted by molar-refractivity contribution is 6.02. The van der Waals surface area contributed by atoms with E-state index in [1.165, 1.54) is 21.5 Å². The summed E-state index contributed by atoms with van der Waals surface area (Å²) in [7, 11) is 3.27. The Morgan fingerprint density at radius 3 is 2.32 bits per heavy atom. The van der Waals surface area contributed by atoms with Crippen molar-refractivity contribution < 1.29 is 9.59 Å². The van der Waals surface area contributed by atoms with E-state index in [9.17, 15) is 9.59 Å². The zero-order chi connectivity index (χ0) is 17.9. The van der Waals surface area contributed by atoms with E-state index in [2.05, 4.69) is 20.6 Å². The first-order chi connectivity index (χ1) is 11.3. The third-order valence-electron chi connectivity index (χ3n) is 3.10. The number of imidazole rings is 2. The van der Waals surface area contributed by atoms with E-state index in [1.54, 1.807) is 14.1 Å². The molecule has 0 radical (unpaired) electrons. The van der Waals surface area contributed by atoms with Crippen molar-refractivity contribution in [1.29, 1.82) is 5.41 Å². The molecular weight excluding hydrogens is 350 g/mol. The number of halogens is 1. The highest BCUT2D eigenvalue weighted by Crippen LogP contribution is 2.10. The number of carbonyl (C=O) groups excluding carboxylic acids is 2. The lowest BCUT2D eigenvalue weighted by Crippen LogP contribution is -2.29. The van der Waals surface area contributed by atoms with E-state index in [-0.39, 0.29) is 54.5 Å². The van der Waals surface area contributed by atoms with Gasteiger partial charge in [0.05, 0.1) is 5.84 Å². The maximum absolute atomic E-state index is 12.1. The summed E-state index contributed by atoms with van der Waals surface area (Å²) in [6.45, 7) is 0.231. The molecule has 7 N–H and O–H groups in total. The lowest BCUT2D eigenvalue weighted by molar-refractivity contribution is 0.0940. The average Bonchev–Trinajstić information content (AvgIpc) is 3.00. The van der Waals surface area contributed by atoms with Gasteiger partial charge in [0.25, 0.3) is 11.8 Å². The summed E-state index contributed by atoms with van der Waals surface area (Å²) in [5.74, 6) is -0.248. The molecule has 0 aliphatic rings. The van der Waals surface area contributed by atoms with Crippen LogP contribution in [0.5, 0.6) is 0 Å². The van der Waals surface area contributed by atoms with Crippen LogP contribution in [0.15, 0.2) is 12.4 Å². The predicted octanol–water partition coefficient (Wildman–Crippen LogP) is -0.534. The number of nitrogens with zero attached hydrogens (tertiary/aromatic N) is 4. The quantitative estimate of drug-likeness (QED) is 0.338. The minimum Gasteiger partial charge on any atom is -0.388 e. The van der Waals surface area contributed by atoms with Crippen molar-refractivity contribution in [3.8, 4) is 0 Å². The van der Waals surface area contributed by atoms with Gasteiger partial charge >= 0.3 is 0 Å². The third kappa shape index (κ3) is 4.94. The molecule has 25 heavy (non-hydrogen) atoms. The first kappa shape index (κ1) is 20.0. The molecule has 0 atom stereocenters. The number of anilines is 2. The highest BCUT2D eigenvalue weighted by Gasteiger charge is 2.18. The van der Waals surface area contributed by atoms with Crippen molar-refractivity contribution >= 4 is 41.7 Å². The Balaban J connectivity index is 0.00000312. The van der Waals surface area contributed by atoms with Crippen molar-refractivity contribution in [3.63, 3.8) is 0 Å². The van der Waals surface area contributed by atoms with E-state index in [1.807, 2.05) is 0 Å². The number of nitrogens with two attached hydrogens (primary N) is 2. The van der Waals surface area contributed by atoms with Crippen molar-refractivity contribution in [3.05, 3.63) is 24.0 Å². The Labute approximate surface area is 149 Å². The number of carbonyl (C=O) groups is 2. The fourth-order valence-electron chi connectivity index (χ4n) is 2.00. The summed E-state index contributed by atoms with van der Waals surface area (Å²) in [5, 5.41) is 12.3. The van der Waals surface area contributed by atoms with Gasteiger partial charge in [-0.1, -0.05) is 0 Å². The van der Waals surface area contributed by atoms with Crippen LogP contribution in [0.4, 0.5) is 11.6 Å². The lowest BCUT2D eigenvalue weighted by Gasteiger charge is -2.03. The number of hydrogen-bond acceptors (Lipinski definition) is 6. The molecule has 11 nitrogen and oxygen atoms in total. The lowest BCUT2D eigenvalue weighted by atomic mass is 10.4. The molecule has 0 aliphatic carbocycles. The molecule has 0 saturated heterocycles. The number of rotatable bonds is 6. The van der Waals surface area contributed by atoms with Gasteiger partial charge in [-0.05, 0) is 0 Å². The normalized spacial score (nSPS) is 10.0. The summed E-state index contributed by atoms with van der Waals surface area (Å²) in [6, 6.07) is 0. The van der Waals surface area contributed by atoms with E-state index in [4.69, 9.17) is 16.9 Å². The van der Waals surface area contributed by atoms with Crippen LogP contribution in [-0.2, 0) is 14.1 Å². The van der Waals surface area contributed by atoms with Gasteiger partial charge in [-0.25, -0.2) is 9.97 Å². The molecular formula is C13H20ClN9O2. The van der Waals surface area contributed by atoms with E-state index < -0.39 is 11.8 Å². The maximum atomic E-state index is 12.1. The Morgan fingerprint density at radius 2 is 1.76 bits per heavy atom. The minimum atomic E-state index is -0.490. The molecule has 0 fully saturated rings. The highest BCUT2D eigenvalue weighted by atomic mass is 35.5. The summed E-state index contributed by atoms with van der Waals surface area (Å²) in [6.07, 6.45) is 3.27. The van der Waals surface area contributed by atoms with Crippen LogP contribution in [0.1, 0.15) is 27.7 Å². The zero-order valence-corrected chi connectivity index (χ0v) is 14.6. The monoisotopic (exact) mass is 369 g/mol. The molecule has 0 spiro atoms. The number of hydrogen-bond donors (Lipinski definition) is 5. The molecule has 0 unspecified atom stereocenters. The van der Waals surface area contributed by atoms with Gasteiger partial charge in [0.2, 0.25) is 11.6 Å². The van der Waals surface area contributed by atoms with Gasteiger partial charge in [-0.15, -0.1) is 12.4 Å². The number of amides is 2. The largest absolute Gasteiger partial charge is 0.388 e. The standard InChI is InChI=1S/C13H19N9O2.ClH/c1-21-5-8(16)18-11(21)13(24)20-9-6-22(2)10(19-9)12(23)17-4-3-7(14)15;/h5-6H,3-4,16H2,1-2H3,(H3,14,15)(H,17,23)(H,20,24);1H. The molecule has 0 aromatic carbocycles. The number of aryl methyl sites for hydroxylation is 2. The molecule has 2 rings (SSSR count). The summed E-state index contributed by atoms with van der Waals surface area (Å²) >= 11 is 0. The second-order valence-corrected chi connectivity index (χ2v) is 5.15. The van der Waals surface area contributed by atoms with Crippen LogP contribution in [0.3, 0.4) is 0 Å². The van der Waals surface area contributed by atoms with Crippen LogP contribution in [0.2, 0.25) is 0 Å². The Morgan fingerprint density at radius 1 is 1.16 bits per heavy atom. The van der Waals surface area contributed by atoms with Gasteiger partial charge < -0.3 is 31.2 Å². The van der Waals surface area contributed by atoms with Crippen LogP contribution < -0.4 is 22.1 Å². The smallest absolute Gasteiger partial charge is 0.292 e. The molecule has 0 saturated carbocycles. The first-order valence-corrected chi connectivity index (χ1v) is 7.02. The van der Waals surface area contributed by atoms with Crippen molar-refractivity contribution in [2.24, 2.45) is 19.8 Å². The summed E-state index contributed by atoms with van der Waals surface area (Å²) < 4.78 is 2.97. The predicted molar refractivity (Wildman–Crippen MR) is 94.9 cm³/mol. The van der Waals surface area contributed by atoms with Crippen LogP contribution in [0, 0.1) is 5.41 Å². The van der Waals surface area contributed by atoms with Crippen LogP contribution in [-0.4, -0.2) is 43.3 Å². The Bertz CT molecular complexity index is 796. The molecule has 0 bridgehead atoms. The van der Waals surface area contributed by atoms with E-state index in [0.29, 0.717) is 0 Å². The SMILES string of the molecule is Cl.Cn1cc(NC(=O)c2nc(N)cn2C)nc1C(=O)NCCC(=N)N. The van der Waals surface area contributed by atoms with Gasteiger partial charge in [-0.2, -0.15) is 0 Å². The van der Waals surface area contributed by atoms with Gasteiger partial charge in [-0.3, -0.25) is 15.0 Å². The zero-order valence-electron chi connectivity index (χ0n) is 13.7. The van der Waals surface area contributed by atoms with Crippen molar-refractivity contribution in [2.75, 3.05) is 17.6 Å². The molecule has 2 aromatic rings. The minimum absolute atomic E-state index is 0. The maximum Gasteiger partial charge on any atom is 0.292 e. The fraction of sp³-hybridized carbons (Fsp3) is 0.308. The number of aromatic nitrogens is 4. The summed E-state index contributed by atoms with van der Waals surface area (Å²) in [5.41, 5.74) is 10.8. The van der Waals surface area contributed by atoms with Crippen molar-refractivity contribution in [1.82, 2.24) is 24.4 Å². The van der Waals surface area contributed by atoms with Gasteiger partial charge in [0, 0.05) is 39.5 Å². The van der Waals surface area contributed by atoms with Crippen LogP contribution in [0.25, 0.3) is 0 Å². The number of amidine groups is 1. The molecule has 0 aliphatic heterocycles. The molecule has 2 amide bonds. The van der Waals surface area contributed by atoms with Gasteiger partial charge in [0.1, 0.15) is 5.82 Å². The fourth-order valence-corrected chi connectivity index (χ4v) is 2.00. The third-order valence-corrected chi connectivity index (χ3v) is 3.10. The molecule has 12 heteroatoms. The second kappa shape index (κ2) is 8.15. The average molecular weight is 370 g/mol. The number of nitrogen functional groups attached to an aromatic ring is 1. The molecule has 2 heterocycles. The Kier molecular flexibility index (Phi) is 6.51. The Hall–Kier alpha value is -3.08. The van der Waals surface area contributed by atoms with Crippen molar-refractivity contribution in [2.45, 2.75) is 6.42 Å². The topological polar surface area (TPSA) is 170 Å². The van der Waals surface area contributed by atoms with E-state index in [0.717, 1.165) is 0 Å². The summed E-state index contributed by atoms with van der Waals surface area (Å²) in [4.78, 5) is 32.2. The second-order valence-electron chi connectivity index (χ2n) is 5.15. The van der Waals surface area contributed by atoms with Gasteiger partial charge in [0.15, 0.2) is 5.82 Å². The van der Waals surface area contributed by atoms with E-state index >= 15 is 0 Å². The molecule has 2 aromatic heterocycles. The first-order valence-electron chi connectivity index (χ1n) is 7.02. The number of nitrogens with one attached hydrogen (secondary N) is 3.